The quantitative estimate of drug-likeness (QED) is 0.288. The maximum absolute atomic E-state index is 12.8. The lowest BCUT2D eigenvalue weighted by atomic mass is 10.0. The Morgan fingerprint density at radius 3 is 2.79 bits per heavy atom. The normalized spacial score (nSPS) is 11.2. The molecule has 0 aliphatic rings. The third-order valence-electron chi connectivity index (χ3n) is 6.44. The Bertz CT molecular complexity index is 1790. The summed E-state index contributed by atoms with van der Waals surface area (Å²) in [4.78, 5) is 29.4. The molecule has 6 rings (SSSR count). The second kappa shape index (κ2) is 9.70. The molecule has 0 saturated carbocycles. The number of pyridine rings is 1. The van der Waals surface area contributed by atoms with E-state index in [0.29, 0.717) is 47.0 Å². The number of aromatic amines is 1. The molecule has 1 amide bonds. The number of methoxy groups -OCH3 is 1. The zero-order valence-electron chi connectivity index (χ0n) is 20.5. The monoisotopic (exact) mass is 504 g/mol. The molecule has 188 valence electrons. The predicted molar refractivity (Wildman–Crippen MR) is 145 cm³/mol. The van der Waals surface area contributed by atoms with Crippen molar-refractivity contribution in [3.05, 3.63) is 90.9 Å². The second-order valence-corrected chi connectivity index (χ2v) is 8.79. The first kappa shape index (κ1) is 23.2. The van der Waals surface area contributed by atoms with E-state index >= 15 is 0 Å². The standard InChI is InChI=1S/C29H24N6O3/c1-38-29-20(5-4-12-31-29)18-9-11-26(36)21(15-18)27-33-22-10-8-19(16-24(22)34-27)28(37)30-13-14-35-17-32-23-6-2-3-7-25(23)35/h2-12,15-17,36H,13-14H2,1H3,(H,30,37)(H,33,34). The number of aromatic hydroxyl groups is 1. The molecule has 9 heteroatoms. The van der Waals surface area contributed by atoms with Gasteiger partial charge in [-0.1, -0.05) is 18.2 Å². The predicted octanol–water partition coefficient (Wildman–Crippen LogP) is 4.79. The molecule has 0 spiro atoms. The average molecular weight is 505 g/mol. The number of rotatable bonds is 7. The van der Waals surface area contributed by atoms with Gasteiger partial charge in [-0.3, -0.25) is 4.79 Å². The van der Waals surface area contributed by atoms with Gasteiger partial charge in [0.2, 0.25) is 5.88 Å². The zero-order valence-corrected chi connectivity index (χ0v) is 20.5. The topological polar surface area (TPSA) is 118 Å². The van der Waals surface area contributed by atoms with E-state index in [0.717, 1.165) is 22.2 Å². The van der Waals surface area contributed by atoms with Crippen molar-refractivity contribution in [3.8, 4) is 34.1 Å². The summed E-state index contributed by atoms with van der Waals surface area (Å²) < 4.78 is 7.40. The molecule has 0 bridgehead atoms. The molecule has 6 aromatic rings. The summed E-state index contributed by atoms with van der Waals surface area (Å²) in [5.41, 5.74) is 6.01. The van der Waals surface area contributed by atoms with Crippen LogP contribution in [0.1, 0.15) is 10.4 Å². The average Bonchev–Trinajstić information content (AvgIpc) is 3.57. The van der Waals surface area contributed by atoms with E-state index in [1.165, 1.54) is 0 Å². The van der Waals surface area contributed by atoms with Crippen molar-refractivity contribution in [2.75, 3.05) is 13.7 Å². The number of carbonyl (C=O) groups excluding carboxylic acids is 1. The summed E-state index contributed by atoms with van der Waals surface area (Å²) in [6.07, 6.45) is 3.44. The number of H-pyrrole nitrogens is 1. The van der Waals surface area contributed by atoms with Crippen LogP contribution >= 0.6 is 0 Å². The van der Waals surface area contributed by atoms with E-state index in [1.54, 1.807) is 50.0 Å². The zero-order chi connectivity index (χ0) is 26.1. The van der Waals surface area contributed by atoms with Crippen LogP contribution in [0.4, 0.5) is 0 Å². The molecule has 38 heavy (non-hydrogen) atoms. The third-order valence-corrected chi connectivity index (χ3v) is 6.44. The summed E-state index contributed by atoms with van der Waals surface area (Å²) in [6.45, 7) is 1.07. The van der Waals surface area contributed by atoms with Gasteiger partial charge in [-0.25, -0.2) is 15.0 Å². The highest BCUT2D eigenvalue weighted by atomic mass is 16.5. The minimum atomic E-state index is -0.180. The number of benzene rings is 3. The molecule has 3 aromatic carbocycles. The largest absolute Gasteiger partial charge is 0.507 e. The summed E-state index contributed by atoms with van der Waals surface area (Å²) in [5, 5.41) is 13.6. The first-order chi connectivity index (χ1) is 18.6. The molecule has 9 nitrogen and oxygen atoms in total. The van der Waals surface area contributed by atoms with Crippen molar-refractivity contribution in [1.82, 2.24) is 29.8 Å². The van der Waals surface area contributed by atoms with Crippen LogP contribution in [0.5, 0.6) is 11.6 Å². The molecular formula is C29H24N6O3. The Hall–Kier alpha value is -5.18. The number of aromatic nitrogens is 5. The number of imidazole rings is 2. The fraction of sp³-hybridized carbons (Fsp3) is 0.103. The molecule has 0 fully saturated rings. The van der Waals surface area contributed by atoms with Gasteiger partial charge in [-0.05, 0) is 60.2 Å². The van der Waals surface area contributed by atoms with Crippen LogP contribution in [0, 0.1) is 0 Å². The number of phenolic OH excluding ortho intramolecular Hbond substituents is 1. The molecule has 3 heterocycles. The fourth-order valence-corrected chi connectivity index (χ4v) is 4.53. The van der Waals surface area contributed by atoms with Crippen LogP contribution in [0.15, 0.2) is 85.3 Å². The lowest BCUT2D eigenvalue weighted by Gasteiger charge is -2.09. The van der Waals surface area contributed by atoms with Crippen molar-refractivity contribution in [1.29, 1.82) is 0 Å². The first-order valence-electron chi connectivity index (χ1n) is 12.1. The minimum Gasteiger partial charge on any atom is -0.507 e. The van der Waals surface area contributed by atoms with E-state index in [4.69, 9.17) is 4.74 Å². The maximum atomic E-state index is 12.8. The molecule has 0 radical (unpaired) electrons. The third kappa shape index (κ3) is 4.30. The van der Waals surface area contributed by atoms with Crippen LogP contribution in [-0.4, -0.2) is 49.2 Å². The van der Waals surface area contributed by atoms with Crippen LogP contribution in [-0.2, 0) is 6.54 Å². The molecule has 0 aliphatic carbocycles. The van der Waals surface area contributed by atoms with Crippen molar-refractivity contribution in [2.45, 2.75) is 6.54 Å². The molecule has 0 aliphatic heterocycles. The van der Waals surface area contributed by atoms with Gasteiger partial charge in [-0.15, -0.1) is 0 Å². The van der Waals surface area contributed by atoms with Gasteiger partial charge in [0.1, 0.15) is 11.6 Å². The lowest BCUT2D eigenvalue weighted by Crippen LogP contribution is -2.27. The lowest BCUT2D eigenvalue weighted by molar-refractivity contribution is 0.0952. The van der Waals surface area contributed by atoms with Gasteiger partial charge in [0.25, 0.3) is 5.91 Å². The van der Waals surface area contributed by atoms with Crippen LogP contribution in [0.3, 0.4) is 0 Å². The number of nitrogens with one attached hydrogen (secondary N) is 2. The molecule has 0 atom stereocenters. The Morgan fingerprint density at radius 1 is 1.00 bits per heavy atom. The SMILES string of the molecule is COc1ncccc1-c1ccc(O)c(-c2nc3ccc(C(=O)NCCn4cnc5ccccc54)cc3[nH]2)c1. The number of fused-ring (bicyclic) bond motifs is 2. The Balaban J connectivity index is 1.22. The second-order valence-electron chi connectivity index (χ2n) is 8.79. The highest BCUT2D eigenvalue weighted by Crippen LogP contribution is 2.35. The Morgan fingerprint density at radius 2 is 1.89 bits per heavy atom. The molecule has 3 N–H and O–H groups in total. The summed E-state index contributed by atoms with van der Waals surface area (Å²) >= 11 is 0. The van der Waals surface area contributed by atoms with Gasteiger partial charge in [-0.2, -0.15) is 0 Å². The van der Waals surface area contributed by atoms with Crippen molar-refractivity contribution < 1.29 is 14.6 Å². The summed E-state index contributed by atoms with van der Waals surface area (Å²) in [5.74, 6) is 0.888. The number of ether oxygens (including phenoxy) is 1. The highest BCUT2D eigenvalue weighted by Gasteiger charge is 2.15. The highest BCUT2D eigenvalue weighted by molar-refractivity contribution is 5.97. The van der Waals surface area contributed by atoms with E-state index in [1.807, 2.05) is 47.0 Å². The van der Waals surface area contributed by atoms with Crippen LogP contribution < -0.4 is 10.1 Å². The summed E-state index contributed by atoms with van der Waals surface area (Å²) in [7, 11) is 1.57. The maximum Gasteiger partial charge on any atom is 0.251 e. The number of carbonyl (C=O) groups is 1. The van der Waals surface area contributed by atoms with Gasteiger partial charge in [0.05, 0.1) is 41.1 Å². The van der Waals surface area contributed by atoms with Crippen molar-refractivity contribution >= 4 is 28.0 Å². The Labute approximate surface area is 217 Å². The van der Waals surface area contributed by atoms with Gasteiger partial charge in [0.15, 0.2) is 0 Å². The van der Waals surface area contributed by atoms with E-state index in [9.17, 15) is 9.90 Å². The van der Waals surface area contributed by atoms with Crippen molar-refractivity contribution in [3.63, 3.8) is 0 Å². The number of nitrogens with zero attached hydrogens (tertiary/aromatic N) is 4. The number of hydrogen-bond donors (Lipinski definition) is 3. The number of phenols is 1. The molecular weight excluding hydrogens is 480 g/mol. The smallest absolute Gasteiger partial charge is 0.251 e. The van der Waals surface area contributed by atoms with Gasteiger partial charge < -0.3 is 24.7 Å². The van der Waals surface area contributed by atoms with Gasteiger partial charge >= 0.3 is 0 Å². The Kier molecular flexibility index (Phi) is 5.93. The minimum absolute atomic E-state index is 0.0839. The van der Waals surface area contributed by atoms with Crippen LogP contribution in [0.25, 0.3) is 44.6 Å². The van der Waals surface area contributed by atoms with E-state index < -0.39 is 0 Å². The van der Waals surface area contributed by atoms with E-state index in [-0.39, 0.29) is 11.7 Å². The summed E-state index contributed by atoms with van der Waals surface area (Å²) in [6, 6.07) is 22.2. The number of para-hydroxylation sites is 2. The fourth-order valence-electron chi connectivity index (χ4n) is 4.53. The van der Waals surface area contributed by atoms with Crippen molar-refractivity contribution in [2.24, 2.45) is 0 Å². The molecule has 0 saturated heterocycles. The van der Waals surface area contributed by atoms with Crippen LogP contribution in [0.2, 0.25) is 0 Å². The number of amides is 1. The molecule has 0 unspecified atom stereocenters. The first-order valence-corrected chi connectivity index (χ1v) is 12.1. The van der Waals surface area contributed by atoms with E-state index in [2.05, 4.69) is 25.3 Å². The van der Waals surface area contributed by atoms with Gasteiger partial charge in [0, 0.05) is 30.4 Å². The molecule has 3 aromatic heterocycles. The number of hydrogen-bond acceptors (Lipinski definition) is 6.